The minimum Gasteiger partial charge on any atom is -0.618 e. The first-order valence-electron chi connectivity index (χ1n) is 13.4. The predicted octanol–water partition coefficient (Wildman–Crippen LogP) is 4.08. The maximum Gasteiger partial charge on any atom is 0.223 e. The molecule has 6 heterocycles. The predicted molar refractivity (Wildman–Crippen MR) is 176 cm³/mol. The van der Waals surface area contributed by atoms with Crippen LogP contribution in [0.1, 0.15) is 52.2 Å². The fourth-order valence-electron chi connectivity index (χ4n) is 4.84. The molecule has 0 aromatic carbocycles. The van der Waals surface area contributed by atoms with Crippen molar-refractivity contribution in [3.8, 4) is 0 Å². The van der Waals surface area contributed by atoms with Gasteiger partial charge in [-0.25, -0.2) is 15.0 Å². The lowest BCUT2D eigenvalue weighted by Gasteiger charge is -2.12. The van der Waals surface area contributed by atoms with E-state index in [4.69, 9.17) is 23.1 Å². The number of hydrogen-bond donors (Lipinski definition) is 2. The van der Waals surface area contributed by atoms with Crippen molar-refractivity contribution in [2.45, 2.75) is 62.1 Å². The zero-order valence-electron chi connectivity index (χ0n) is 24.9. The summed E-state index contributed by atoms with van der Waals surface area (Å²) in [5, 5.41) is 24.6. The van der Waals surface area contributed by atoms with Crippen molar-refractivity contribution in [3.05, 3.63) is 90.0 Å². The largest absolute Gasteiger partial charge is 0.618 e. The monoisotopic (exact) mass is 696 g/mol. The molecule has 0 bridgehead atoms. The topological polar surface area (TPSA) is 193 Å². The molecule has 0 saturated carbocycles. The van der Waals surface area contributed by atoms with Crippen molar-refractivity contribution in [2.75, 3.05) is 11.5 Å². The van der Waals surface area contributed by atoms with Crippen molar-refractivity contribution in [1.82, 2.24) is 39.0 Å². The molecule has 4 N–H and O–H groups in total. The van der Waals surface area contributed by atoms with Gasteiger partial charge in [-0.05, 0) is 68.6 Å². The van der Waals surface area contributed by atoms with E-state index in [-0.39, 0.29) is 24.5 Å². The van der Waals surface area contributed by atoms with Gasteiger partial charge in [0.05, 0.1) is 12.7 Å². The molecule has 6 aromatic heterocycles. The second-order valence-electron chi connectivity index (χ2n) is 10.5. The Morgan fingerprint density at radius 2 is 1.13 bits per heavy atom. The number of imidazole rings is 2. The summed E-state index contributed by atoms with van der Waals surface area (Å²) in [6, 6.07) is 0. The van der Waals surface area contributed by atoms with Crippen LogP contribution in [0.3, 0.4) is 0 Å². The van der Waals surface area contributed by atoms with Gasteiger partial charge in [-0.15, -0.1) is 0 Å². The molecular formula is C29H34BrClN12O2. The molecule has 0 spiro atoms. The number of fused-ring (bicyclic) bond motifs is 2. The first kappa shape index (κ1) is 33.3. The molecule has 0 saturated heterocycles. The van der Waals surface area contributed by atoms with E-state index in [2.05, 4.69) is 45.8 Å². The highest BCUT2D eigenvalue weighted by atomic mass is 79.9. The number of rotatable bonds is 4. The zero-order valence-corrected chi connectivity index (χ0v) is 27.3. The average Bonchev–Trinajstić information content (AvgIpc) is 3.55. The summed E-state index contributed by atoms with van der Waals surface area (Å²) < 4.78 is 5.87. The summed E-state index contributed by atoms with van der Waals surface area (Å²) >= 11 is 9.34. The van der Waals surface area contributed by atoms with Crippen molar-refractivity contribution in [2.24, 2.45) is 0 Å². The minimum atomic E-state index is 0. The van der Waals surface area contributed by atoms with Crippen LogP contribution in [0.25, 0.3) is 22.3 Å². The van der Waals surface area contributed by atoms with Crippen LogP contribution in [0.4, 0.5) is 11.9 Å². The van der Waals surface area contributed by atoms with Crippen LogP contribution < -0.4 is 20.9 Å². The van der Waals surface area contributed by atoms with Crippen LogP contribution in [0.5, 0.6) is 0 Å². The summed E-state index contributed by atoms with van der Waals surface area (Å²) in [5.74, 6) is 0.235. The average molecular weight is 698 g/mol. The third kappa shape index (κ3) is 6.31. The van der Waals surface area contributed by atoms with E-state index < -0.39 is 0 Å². The minimum absolute atomic E-state index is 0. The SMILES string of the molecule is C.Cc1c[n+]([O-])c(Cn2cnc3c(Br)nc(N)nc32)c(C)c1C.Cc1c[n+]([O-])c(Cn2cnc3c(Cl)nc(N)nc32)c(C)c1C. The summed E-state index contributed by atoms with van der Waals surface area (Å²) in [6.07, 6.45) is 6.39. The van der Waals surface area contributed by atoms with Crippen molar-refractivity contribution in [1.29, 1.82) is 0 Å². The molecule has 45 heavy (non-hydrogen) atoms. The van der Waals surface area contributed by atoms with Crippen LogP contribution in [-0.2, 0) is 13.1 Å². The van der Waals surface area contributed by atoms with Gasteiger partial charge in [0.25, 0.3) is 0 Å². The summed E-state index contributed by atoms with van der Waals surface area (Å²) in [7, 11) is 0. The molecule has 236 valence electrons. The second-order valence-corrected chi connectivity index (χ2v) is 11.6. The van der Waals surface area contributed by atoms with Crippen LogP contribution >= 0.6 is 27.5 Å². The maximum absolute atomic E-state index is 12.2. The van der Waals surface area contributed by atoms with E-state index in [0.29, 0.717) is 51.4 Å². The Morgan fingerprint density at radius 1 is 0.711 bits per heavy atom. The number of nitrogens with zero attached hydrogens (tertiary/aromatic N) is 10. The maximum atomic E-state index is 12.2. The lowest BCUT2D eigenvalue weighted by molar-refractivity contribution is -0.615. The van der Waals surface area contributed by atoms with Crippen molar-refractivity contribution >= 4 is 61.8 Å². The van der Waals surface area contributed by atoms with Crippen LogP contribution in [0.2, 0.25) is 5.15 Å². The molecule has 0 atom stereocenters. The number of halogens is 2. The van der Waals surface area contributed by atoms with Crippen LogP contribution in [0.15, 0.2) is 29.7 Å². The Hall–Kier alpha value is -4.63. The van der Waals surface area contributed by atoms with Gasteiger partial charge >= 0.3 is 0 Å². The third-order valence-electron chi connectivity index (χ3n) is 7.85. The lowest BCUT2D eigenvalue weighted by atomic mass is 10.0. The molecule has 6 rings (SSSR count). The molecular weight excluding hydrogens is 664 g/mol. The van der Waals surface area contributed by atoms with E-state index in [1.165, 1.54) is 0 Å². The summed E-state index contributed by atoms with van der Waals surface area (Å²) in [5.41, 5.74) is 20.9. The Bertz CT molecular complexity index is 1930. The number of aromatic nitrogens is 10. The molecule has 0 radical (unpaired) electrons. The fourth-order valence-corrected chi connectivity index (χ4v) is 5.52. The Balaban J connectivity index is 0.000000200. The lowest BCUT2D eigenvalue weighted by Crippen LogP contribution is -2.35. The number of aryl methyl sites for hydroxylation is 2. The first-order valence-corrected chi connectivity index (χ1v) is 14.6. The number of hydrogen-bond acceptors (Lipinski definition) is 10. The van der Waals surface area contributed by atoms with Gasteiger partial charge < -0.3 is 31.0 Å². The van der Waals surface area contributed by atoms with E-state index in [0.717, 1.165) is 42.8 Å². The molecule has 0 amide bonds. The Kier molecular flexibility index (Phi) is 9.44. The normalized spacial score (nSPS) is 11.0. The van der Waals surface area contributed by atoms with Gasteiger partial charge in [-0.2, -0.15) is 24.4 Å². The third-order valence-corrected chi connectivity index (χ3v) is 8.66. The summed E-state index contributed by atoms with van der Waals surface area (Å²) in [4.78, 5) is 24.7. The molecule has 0 unspecified atom stereocenters. The highest BCUT2D eigenvalue weighted by Crippen LogP contribution is 2.23. The van der Waals surface area contributed by atoms with Crippen LogP contribution in [0, 0.1) is 52.0 Å². The van der Waals surface area contributed by atoms with E-state index in [1.54, 1.807) is 34.2 Å². The van der Waals surface area contributed by atoms with Crippen LogP contribution in [-0.4, -0.2) is 39.0 Å². The van der Waals surface area contributed by atoms with Gasteiger partial charge in [0.1, 0.15) is 28.7 Å². The fraction of sp³-hybridized carbons (Fsp3) is 0.310. The quantitative estimate of drug-likeness (QED) is 0.154. The Labute approximate surface area is 273 Å². The standard InChI is InChI=1S/C14H15BrN6O.C14H15ClN6O.CH4/c2*1-7-4-21(22)10(9(3)8(7)2)5-20-6-17-11-12(15)18-14(16)19-13(11)20;/h2*4,6H,5H2,1-3H3,(H2,16,18,19);1H4. The number of anilines is 2. The molecule has 6 aromatic rings. The van der Waals surface area contributed by atoms with E-state index >= 15 is 0 Å². The van der Waals surface area contributed by atoms with Crippen molar-refractivity contribution in [3.63, 3.8) is 0 Å². The zero-order chi connectivity index (χ0) is 32.0. The second kappa shape index (κ2) is 12.8. The van der Waals surface area contributed by atoms with Gasteiger partial charge in [0, 0.05) is 22.3 Å². The number of nitrogens with two attached hydrogens (primary N) is 2. The molecule has 14 nitrogen and oxygen atoms in total. The van der Waals surface area contributed by atoms with Gasteiger partial charge in [0.2, 0.25) is 23.3 Å². The molecule has 0 fully saturated rings. The first-order chi connectivity index (χ1) is 20.8. The molecule has 0 aliphatic carbocycles. The van der Waals surface area contributed by atoms with Crippen molar-refractivity contribution < 1.29 is 9.46 Å². The highest BCUT2D eigenvalue weighted by molar-refractivity contribution is 9.10. The van der Waals surface area contributed by atoms with Gasteiger partial charge in [-0.1, -0.05) is 19.0 Å². The smallest absolute Gasteiger partial charge is 0.223 e. The van der Waals surface area contributed by atoms with Gasteiger partial charge in [-0.3, -0.25) is 0 Å². The Morgan fingerprint density at radius 3 is 1.62 bits per heavy atom. The van der Waals surface area contributed by atoms with E-state index in [1.807, 2.05) is 41.5 Å². The number of pyridine rings is 2. The highest BCUT2D eigenvalue weighted by Gasteiger charge is 2.20. The molecule has 0 aliphatic heterocycles. The van der Waals surface area contributed by atoms with Gasteiger partial charge in [0.15, 0.2) is 28.8 Å². The molecule has 16 heteroatoms. The van der Waals surface area contributed by atoms with E-state index in [9.17, 15) is 10.4 Å². The number of nitrogen functional groups attached to an aromatic ring is 2. The molecule has 0 aliphatic rings. The summed E-state index contributed by atoms with van der Waals surface area (Å²) in [6.45, 7) is 12.4.